The lowest BCUT2D eigenvalue weighted by Gasteiger charge is -2.15. The van der Waals surface area contributed by atoms with E-state index in [1.165, 1.54) is 4.68 Å². The normalized spacial score (nSPS) is 19.2. The van der Waals surface area contributed by atoms with Crippen LogP contribution in [0.1, 0.15) is 60.3 Å². The summed E-state index contributed by atoms with van der Waals surface area (Å²) in [6, 6.07) is 5.65. The van der Waals surface area contributed by atoms with E-state index < -0.39 is 27.1 Å². The second-order valence-corrected chi connectivity index (χ2v) is 10.8. The molecular weight excluding hydrogens is 415 g/mol. The number of aromatic nitrogens is 2. The van der Waals surface area contributed by atoms with Gasteiger partial charge in [-0.15, -0.1) is 0 Å². The van der Waals surface area contributed by atoms with Crippen molar-refractivity contribution in [2.45, 2.75) is 76.4 Å². The fourth-order valence-electron chi connectivity index (χ4n) is 4.42. The summed E-state index contributed by atoms with van der Waals surface area (Å²) >= 11 is 0. The summed E-state index contributed by atoms with van der Waals surface area (Å²) in [5.74, 6) is 0. The number of nitrogens with zero attached hydrogens (tertiary/aromatic N) is 2. The van der Waals surface area contributed by atoms with Crippen molar-refractivity contribution in [2.75, 3.05) is 0 Å². The Morgan fingerprint density at radius 3 is 2.57 bits per heavy atom. The first-order valence-electron chi connectivity index (χ1n) is 10.3. The standard InChI is InChI=1S/C21H26F3N3O2S/c1-13(2)30(28,29)26-17-10-15-8-7-14(9-16(15)11-17)12-27-19-6-4-3-5-18(19)20(25-27)21(22,23)24/h7-9,13,17,26H,3-6,10-12H2,1-2H3/t17-/m1/s1. The zero-order chi connectivity index (χ0) is 21.7. The number of fused-ring (bicyclic) bond motifs is 2. The van der Waals surface area contributed by atoms with Gasteiger partial charge < -0.3 is 0 Å². The molecular formula is C21H26F3N3O2S. The van der Waals surface area contributed by atoms with Gasteiger partial charge in [0, 0.05) is 17.3 Å². The van der Waals surface area contributed by atoms with Crippen LogP contribution in [-0.2, 0) is 48.4 Å². The molecule has 2 aromatic rings. The summed E-state index contributed by atoms with van der Waals surface area (Å²) in [5.41, 5.74) is 3.29. The predicted molar refractivity (Wildman–Crippen MR) is 108 cm³/mol. The van der Waals surface area contributed by atoms with Crippen molar-refractivity contribution < 1.29 is 21.6 Å². The van der Waals surface area contributed by atoms with Crippen LogP contribution in [0.2, 0.25) is 0 Å². The van der Waals surface area contributed by atoms with Gasteiger partial charge in [0.05, 0.1) is 11.8 Å². The van der Waals surface area contributed by atoms with E-state index in [4.69, 9.17) is 0 Å². The molecule has 2 aliphatic carbocycles. The second kappa shape index (κ2) is 7.67. The number of hydrogen-bond donors (Lipinski definition) is 1. The molecule has 1 aromatic heterocycles. The zero-order valence-corrected chi connectivity index (χ0v) is 17.9. The molecule has 0 saturated heterocycles. The van der Waals surface area contributed by atoms with Crippen molar-refractivity contribution in [1.29, 1.82) is 0 Å². The molecule has 0 spiro atoms. The minimum absolute atomic E-state index is 0.183. The lowest BCUT2D eigenvalue weighted by Crippen LogP contribution is -2.39. The van der Waals surface area contributed by atoms with Gasteiger partial charge in [-0.2, -0.15) is 18.3 Å². The third kappa shape index (κ3) is 4.14. The SMILES string of the molecule is CC(C)S(=O)(=O)N[C@@H]1Cc2ccc(Cn3nc(C(F)(F)F)c4c3CCCC4)cc2C1. The summed E-state index contributed by atoms with van der Waals surface area (Å²) in [6.45, 7) is 3.57. The van der Waals surface area contributed by atoms with Gasteiger partial charge in [-0.05, 0) is 69.1 Å². The van der Waals surface area contributed by atoms with Crippen LogP contribution in [0.3, 0.4) is 0 Å². The Balaban J connectivity index is 1.55. The molecule has 0 unspecified atom stereocenters. The van der Waals surface area contributed by atoms with Gasteiger partial charge in [-0.3, -0.25) is 4.68 Å². The number of nitrogens with one attached hydrogen (secondary N) is 1. The molecule has 1 aromatic carbocycles. The third-order valence-corrected chi connectivity index (χ3v) is 7.92. The molecule has 164 valence electrons. The van der Waals surface area contributed by atoms with E-state index >= 15 is 0 Å². The first-order chi connectivity index (χ1) is 14.0. The van der Waals surface area contributed by atoms with Crippen molar-refractivity contribution >= 4 is 10.0 Å². The minimum Gasteiger partial charge on any atom is -0.264 e. The lowest BCUT2D eigenvalue weighted by molar-refractivity contribution is -0.142. The molecule has 4 rings (SSSR count). The van der Waals surface area contributed by atoms with Crippen molar-refractivity contribution in [3.63, 3.8) is 0 Å². The summed E-state index contributed by atoms with van der Waals surface area (Å²) in [6.07, 6.45) is -0.566. The highest BCUT2D eigenvalue weighted by Crippen LogP contribution is 2.36. The van der Waals surface area contributed by atoms with Crippen molar-refractivity contribution in [2.24, 2.45) is 0 Å². The van der Waals surface area contributed by atoms with Gasteiger partial charge in [0.1, 0.15) is 0 Å². The fourth-order valence-corrected chi connectivity index (χ4v) is 5.33. The number of alkyl halides is 3. The molecule has 0 amide bonds. The Bertz CT molecular complexity index is 1060. The lowest BCUT2D eigenvalue weighted by atomic mass is 9.95. The van der Waals surface area contributed by atoms with Crippen LogP contribution >= 0.6 is 0 Å². The van der Waals surface area contributed by atoms with Gasteiger partial charge in [-0.1, -0.05) is 18.2 Å². The summed E-state index contributed by atoms with van der Waals surface area (Å²) in [7, 11) is -3.35. The highest BCUT2D eigenvalue weighted by molar-refractivity contribution is 7.90. The Hall–Kier alpha value is -1.87. The molecule has 0 bridgehead atoms. The maximum atomic E-state index is 13.4. The number of rotatable bonds is 5. The Morgan fingerprint density at radius 2 is 1.87 bits per heavy atom. The molecule has 2 aliphatic rings. The molecule has 1 N–H and O–H groups in total. The number of benzene rings is 1. The van der Waals surface area contributed by atoms with Crippen LogP contribution in [0.15, 0.2) is 18.2 Å². The van der Waals surface area contributed by atoms with Gasteiger partial charge in [0.25, 0.3) is 0 Å². The van der Waals surface area contributed by atoms with Gasteiger partial charge >= 0.3 is 6.18 Å². The number of halogens is 3. The molecule has 1 atom stereocenters. The van der Waals surface area contributed by atoms with Crippen LogP contribution in [0.4, 0.5) is 13.2 Å². The van der Waals surface area contributed by atoms with Crippen molar-refractivity contribution in [3.05, 3.63) is 51.8 Å². The van der Waals surface area contributed by atoms with E-state index in [9.17, 15) is 21.6 Å². The van der Waals surface area contributed by atoms with E-state index in [1.807, 2.05) is 18.2 Å². The van der Waals surface area contributed by atoms with E-state index in [0.29, 0.717) is 36.9 Å². The zero-order valence-electron chi connectivity index (χ0n) is 17.1. The van der Waals surface area contributed by atoms with E-state index in [-0.39, 0.29) is 12.6 Å². The summed E-state index contributed by atoms with van der Waals surface area (Å²) in [5, 5.41) is 3.44. The fraction of sp³-hybridized carbons (Fsp3) is 0.571. The molecule has 30 heavy (non-hydrogen) atoms. The van der Waals surface area contributed by atoms with Gasteiger partial charge in [0.15, 0.2) is 5.69 Å². The molecule has 0 aliphatic heterocycles. The maximum Gasteiger partial charge on any atom is 0.435 e. The van der Waals surface area contributed by atoms with Crippen LogP contribution in [0.25, 0.3) is 0 Å². The van der Waals surface area contributed by atoms with E-state index in [1.54, 1.807) is 13.8 Å². The first kappa shape index (κ1) is 21.4. The van der Waals surface area contributed by atoms with Gasteiger partial charge in [-0.25, -0.2) is 13.1 Å². The van der Waals surface area contributed by atoms with Crippen LogP contribution in [0, 0.1) is 0 Å². The van der Waals surface area contributed by atoms with Crippen LogP contribution < -0.4 is 4.72 Å². The highest BCUT2D eigenvalue weighted by Gasteiger charge is 2.39. The summed E-state index contributed by atoms with van der Waals surface area (Å²) in [4.78, 5) is 0. The van der Waals surface area contributed by atoms with Crippen molar-refractivity contribution in [3.8, 4) is 0 Å². The summed E-state index contributed by atoms with van der Waals surface area (Å²) < 4.78 is 68.8. The monoisotopic (exact) mass is 441 g/mol. The minimum atomic E-state index is -4.44. The van der Waals surface area contributed by atoms with E-state index in [2.05, 4.69) is 9.82 Å². The Labute approximate surface area is 174 Å². The molecule has 5 nitrogen and oxygen atoms in total. The maximum absolute atomic E-state index is 13.4. The van der Waals surface area contributed by atoms with Crippen molar-refractivity contribution in [1.82, 2.24) is 14.5 Å². The third-order valence-electron chi connectivity index (χ3n) is 6.01. The average Bonchev–Trinajstić information content (AvgIpc) is 3.22. The molecule has 0 saturated carbocycles. The Morgan fingerprint density at radius 1 is 1.17 bits per heavy atom. The Kier molecular flexibility index (Phi) is 5.47. The smallest absolute Gasteiger partial charge is 0.264 e. The highest BCUT2D eigenvalue weighted by atomic mass is 32.2. The topological polar surface area (TPSA) is 64.0 Å². The largest absolute Gasteiger partial charge is 0.435 e. The van der Waals surface area contributed by atoms with Crippen LogP contribution in [0.5, 0.6) is 0 Å². The quantitative estimate of drug-likeness (QED) is 0.771. The molecule has 0 fully saturated rings. The van der Waals surface area contributed by atoms with Gasteiger partial charge in [0.2, 0.25) is 10.0 Å². The molecule has 9 heteroatoms. The second-order valence-electron chi connectivity index (χ2n) is 8.56. The molecule has 1 heterocycles. The first-order valence-corrected chi connectivity index (χ1v) is 11.9. The number of hydrogen-bond acceptors (Lipinski definition) is 3. The molecule has 0 radical (unpaired) electrons. The number of sulfonamides is 1. The average molecular weight is 442 g/mol. The van der Waals surface area contributed by atoms with Crippen LogP contribution in [-0.4, -0.2) is 29.5 Å². The predicted octanol–water partition coefficient (Wildman–Crippen LogP) is 3.62. The van der Waals surface area contributed by atoms with E-state index in [0.717, 1.165) is 29.5 Å².